The number of ether oxygens (including phenoxy) is 1. The first-order valence-electron chi connectivity index (χ1n) is 5.21. The van der Waals surface area contributed by atoms with E-state index in [-0.39, 0.29) is 17.4 Å². The van der Waals surface area contributed by atoms with Gasteiger partial charge in [0, 0.05) is 11.2 Å². The summed E-state index contributed by atoms with van der Waals surface area (Å²) < 4.78 is 18.2. The Labute approximate surface area is 107 Å². The molecule has 0 aliphatic rings. The molecular weight excluding hydrogens is 293 g/mol. The van der Waals surface area contributed by atoms with Gasteiger partial charge in [-0.05, 0) is 18.6 Å². The lowest BCUT2D eigenvalue weighted by Gasteiger charge is -2.12. The molecule has 0 saturated heterocycles. The topological polar surface area (TPSA) is 52.4 Å². The van der Waals surface area contributed by atoms with Gasteiger partial charge in [0.25, 0.3) is 0 Å². The molecule has 0 fully saturated rings. The molecule has 0 amide bonds. The monoisotopic (exact) mass is 305 g/mol. The molecule has 17 heavy (non-hydrogen) atoms. The quantitative estimate of drug-likeness (QED) is 0.459. The molecule has 0 aliphatic carbocycles. The standard InChI is InChI=1S/C11H13BrFNO3/c1-2-8(6-12)7-17-11-4-3-9(13)5-10(11)14(15)16/h3-5,8H,2,6-7H2,1H3. The summed E-state index contributed by atoms with van der Waals surface area (Å²) in [4.78, 5) is 10.1. The third-order valence-electron chi connectivity index (χ3n) is 2.39. The molecule has 0 saturated carbocycles. The fourth-order valence-electron chi connectivity index (χ4n) is 1.23. The van der Waals surface area contributed by atoms with Gasteiger partial charge in [-0.3, -0.25) is 10.1 Å². The highest BCUT2D eigenvalue weighted by molar-refractivity contribution is 9.09. The first-order valence-corrected chi connectivity index (χ1v) is 6.33. The van der Waals surface area contributed by atoms with Crippen LogP contribution in [0.4, 0.5) is 10.1 Å². The van der Waals surface area contributed by atoms with E-state index < -0.39 is 10.7 Å². The first-order chi connectivity index (χ1) is 8.08. The maximum absolute atomic E-state index is 12.9. The van der Waals surface area contributed by atoms with Gasteiger partial charge in [-0.15, -0.1) is 0 Å². The average Bonchev–Trinajstić information content (AvgIpc) is 2.31. The van der Waals surface area contributed by atoms with Crippen molar-refractivity contribution >= 4 is 21.6 Å². The van der Waals surface area contributed by atoms with E-state index in [0.717, 1.165) is 23.9 Å². The number of halogens is 2. The van der Waals surface area contributed by atoms with Gasteiger partial charge in [-0.2, -0.15) is 0 Å². The van der Waals surface area contributed by atoms with Crippen LogP contribution in [0.3, 0.4) is 0 Å². The third-order valence-corrected chi connectivity index (χ3v) is 3.30. The average molecular weight is 306 g/mol. The number of benzene rings is 1. The second-order valence-corrected chi connectivity index (χ2v) is 4.26. The Balaban J connectivity index is 2.80. The zero-order valence-electron chi connectivity index (χ0n) is 9.36. The first kappa shape index (κ1) is 13.9. The van der Waals surface area contributed by atoms with Gasteiger partial charge in [-0.25, -0.2) is 4.39 Å². The maximum atomic E-state index is 12.9. The summed E-state index contributed by atoms with van der Waals surface area (Å²) in [6.07, 6.45) is 0.903. The Morgan fingerprint density at radius 3 is 2.82 bits per heavy atom. The fraction of sp³-hybridized carbons (Fsp3) is 0.455. The summed E-state index contributed by atoms with van der Waals surface area (Å²) in [6.45, 7) is 2.38. The second kappa shape index (κ2) is 6.54. The lowest BCUT2D eigenvalue weighted by Crippen LogP contribution is -2.13. The van der Waals surface area contributed by atoms with E-state index in [1.54, 1.807) is 0 Å². The molecule has 0 bridgehead atoms. The van der Waals surface area contributed by atoms with Crippen molar-refractivity contribution in [3.8, 4) is 5.75 Å². The molecular formula is C11H13BrFNO3. The molecule has 1 rings (SSSR count). The van der Waals surface area contributed by atoms with Crippen molar-refractivity contribution in [1.82, 2.24) is 0 Å². The van der Waals surface area contributed by atoms with Crippen LogP contribution < -0.4 is 4.74 Å². The third kappa shape index (κ3) is 3.96. The van der Waals surface area contributed by atoms with Crippen molar-refractivity contribution in [2.75, 3.05) is 11.9 Å². The minimum Gasteiger partial charge on any atom is -0.486 e. The number of nitro benzene ring substituents is 1. The molecule has 6 heteroatoms. The predicted octanol–water partition coefficient (Wildman–Crippen LogP) is 3.53. The van der Waals surface area contributed by atoms with Crippen LogP contribution in [0.1, 0.15) is 13.3 Å². The number of hydrogen-bond acceptors (Lipinski definition) is 3. The van der Waals surface area contributed by atoms with Crippen LogP contribution in [0.5, 0.6) is 5.75 Å². The highest BCUT2D eigenvalue weighted by atomic mass is 79.9. The molecule has 0 spiro atoms. The van der Waals surface area contributed by atoms with Gasteiger partial charge < -0.3 is 4.74 Å². The lowest BCUT2D eigenvalue weighted by molar-refractivity contribution is -0.386. The van der Waals surface area contributed by atoms with Gasteiger partial charge in [-0.1, -0.05) is 22.9 Å². The van der Waals surface area contributed by atoms with Crippen molar-refractivity contribution in [2.24, 2.45) is 5.92 Å². The zero-order chi connectivity index (χ0) is 12.8. The van der Waals surface area contributed by atoms with Crippen molar-refractivity contribution in [3.05, 3.63) is 34.1 Å². The zero-order valence-corrected chi connectivity index (χ0v) is 10.9. The number of nitrogens with zero attached hydrogens (tertiary/aromatic N) is 1. The number of alkyl halides is 1. The second-order valence-electron chi connectivity index (χ2n) is 3.61. The van der Waals surface area contributed by atoms with Crippen molar-refractivity contribution in [2.45, 2.75) is 13.3 Å². The molecule has 0 heterocycles. The molecule has 0 radical (unpaired) electrons. The van der Waals surface area contributed by atoms with E-state index >= 15 is 0 Å². The van der Waals surface area contributed by atoms with Crippen molar-refractivity contribution < 1.29 is 14.1 Å². The van der Waals surface area contributed by atoms with E-state index in [4.69, 9.17) is 4.74 Å². The Bertz CT molecular complexity index is 396. The summed E-state index contributed by atoms with van der Waals surface area (Å²) >= 11 is 3.33. The summed E-state index contributed by atoms with van der Waals surface area (Å²) in [5, 5.41) is 11.5. The minimum absolute atomic E-state index is 0.107. The van der Waals surface area contributed by atoms with E-state index in [1.807, 2.05) is 6.92 Å². The molecule has 1 aromatic rings. The van der Waals surface area contributed by atoms with Crippen molar-refractivity contribution in [3.63, 3.8) is 0 Å². The van der Waals surface area contributed by atoms with E-state index in [9.17, 15) is 14.5 Å². The largest absolute Gasteiger partial charge is 0.486 e. The number of nitro groups is 1. The van der Waals surface area contributed by atoms with Gasteiger partial charge >= 0.3 is 5.69 Å². The number of rotatable bonds is 6. The summed E-state index contributed by atoms with van der Waals surface area (Å²) in [5.41, 5.74) is -0.338. The van der Waals surface area contributed by atoms with Crippen LogP contribution in [0.25, 0.3) is 0 Å². The van der Waals surface area contributed by atoms with Crippen LogP contribution in [-0.2, 0) is 0 Å². The summed E-state index contributed by atoms with van der Waals surface area (Å²) in [6, 6.07) is 3.30. The van der Waals surface area contributed by atoms with Crippen molar-refractivity contribution in [1.29, 1.82) is 0 Å². The fourth-order valence-corrected chi connectivity index (χ4v) is 1.88. The van der Waals surface area contributed by atoms with Crippen LogP contribution >= 0.6 is 15.9 Å². The highest BCUT2D eigenvalue weighted by Crippen LogP contribution is 2.28. The Morgan fingerprint density at radius 1 is 1.59 bits per heavy atom. The van der Waals surface area contributed by atoms with Crippen LogP contribution in [0.2, 0.25) is 0 Å². The Kier molecular flexibility index (Phi) is 5.34. The SMILES string of the molecule is CCC(CBr)COc1ccc(F)cc1[N+](=O)[O-]. The molecule has 0 aromatic heterocycles. The minimum atomic E-state index is -0.645. The highest BCUT2D eigenvalue weighted by Gasteiger charge is 2.17. The molecule has 0 aliphatic heterocycles. The predicted molar refractivity (Wildman–Crippen MR) is 66.1 cm³/mol. The molecule has 0 N–H and O–H groups in total. The normalized spacial score (nSPS) is 12.2. The van der Waals surface area contributed by atoms with E-state index in [1.165, 1.54) is 6.07 Å². The van der Waals surface area contributed by atoms with E-state index in [0.29, 0.717) is 6.61 Å². The lowest BCUT2D eigenvalue weighted by atomic mass is 10.1. The Morgan fingerprint density at radius 2 is 2.29 bits per heavy atom. The van der Waals surface area contributed by atoms with Gasteiger partial charge in [0.1, 0.15) is 5.82 Å². The maximum Gasteiger partial charge on any atom is 0.313 e. The smallest absolute Gasteiger partial charge is 0.313 e. The van der Waals surface area contributed by atoms with Gasteiger partial charge in [0.05, 0.1) is 17.6 Å². The van der Waals surface area contributed by atoms with E-state index in [2.05, 4.69) is 15.9 Å². The summed E-state index contributed by atoms with van der Waals surface area (Å²) in [5.74, 6) is -0.257. The van der Waals surface area contributed by atoms with Crippen LogP contribution in [-0.4, -0.2) is 16.9 Å². The van der Waals surface area contributed by atoms with Gasteiger partial charge in [0.15, 0.2) is 5.75 Å². The molecule has 94 valence electrons. The molecule has 4 nitrogen and oxygen atoms in total. The van der Waals surface area contributed by atoms with Crippen LogP contribution in [0.15, 0.2) is 18.2 Å². The summed E-state index contributed by atoms with van der Waals surface area (Å²) in [7, 11) is 0. The molecule has 1 aromatic carbocycles. The Hall–Kier alpha value is -1.17. The van der Waals surface area contributed by atoms with Gasteiger partial charge in [0.2, 0.25) is 0 Å². The number of hydrogen-bond donors (Lipinski definition) is 0. The molecule has 1 atom stereocenters. The molecule has 1 unspecified atom stereocenters. The van der Waals surface area contributed by atoms with Crippen LogP contribution in [0, 0.1) is 21.8 Å².